The average Bonchev–Trinajstić information content (AvgIpc) is 2.63. The fourth-order valence-corrected chi connectivity index (χ4v) is 1.18. The molecule has 0 aliphatic rings. The Kier molecular flexibility index (Phi) is 1.81. The molecule has 0 aliphatic heterocycles. The minimum absolute atomic E-state index is 0.0735. The van der Waals surface area contributed by atoms with Gasteiger partial charge in [-0.05, 0) is 0 Å². The van der Waals surface area contributed by atoms with Crippen LogP contribution in [0.4, 0.5) is 0 Å². The maximum absolute atomic E-state index is 10.8. The van der Waals surface area contributed by atoms with Crippen LogP contribution in [0.1, 0.15) is 10.5 Å². The van der Waals surface area contributed by atoms with Crippen molar-refractivity contribution in [3.8, 4) is 5.75 Å². The Hall–Kier alpha value is -2.11. The second kappa shape index (κ2) is 2.99. The number of ether oxygens (including phenoxy) is 1. The van der Waals surface area contributed by atoms with E-state index in [-0.39, 0.29) is 5.69 Å². The van der Waals surface area contributed by atoms with Crippen LogP contribution in [0.2, 0.25) is 0 Å². The van der Waals surface area contributed by atoms with Crippen LogP contribution in [0.3, 0.4) is 0 Å². The number of hydrogen-bond acceptors (Lipinski definition) is 4. The van der Waals surface area contributed by atoms with Gasteiger partial charge in [0.05, 0.1) is 7.11 Å². The molecule has 0 radical (unpaired) electrons. The van der Waals surface area contributed by atoms with Gasteiger partial charge >= 0.3 is 5.97 Å². The smallest absolute Gasteiger partial charge is 0.353 e. The molecule has 6 heteroatoms. The molecule has 0 saturated carbocycles. The van der Waals surface area contributed by atoms with Gasteiger partial charge in [-0.25, -0.2) is 4.79 Å². The molecule has 0 aromatic carbocycles. The molecule has 14 heavy (non-hydrogen) atoms. The Balaban J connectivity index is 2.76. The van der Waals surface area contributed by atoms with Gasteiger partial charge in [-0.15, -0.1) is 10.2 Å². The fourth-order valence-electron chi connectivity index (χ4n) is 1.18. The molecule has 0 saturated heterocycles. The van der Waals surface area contributed by atoms with Crippen molar-refractivity contribution in [3.05, 3.63) is 24.2 Å². The van der Waals surface area contributed by atoms with Gasteiger partial charge in [0.15, 0.2) is 5.65 Å². The number of pyridine rings is 1. The summed E-state index contributed by atoms with van der Waals surface area (Å²) in [6.45, 7) is 0. The first-order valence-electron chi connectivity index (χ1n) is 3.83. The third kappa shape index (κ3) is 1.17. The zero-order chi connectivity index (χ0) is 10.1. The van der Waals surface area contributed by atoms with Gasteiger partial charge in [0.1, 0.15) is 17.8 Å². The van der Waals surface area contributed by atoms with Crippen molar-refractivity contribution in [1.29, 1.82) is 0 Å². The fraction of sp³-hybridized carbons (Fsp3) is 0.125. The molecule has 72 valence electrons. The molecule has 0 fully saturated rings. The molecule has 0 unspecified atom stereocenters. The number of carboxylic acids is 1. The molecule has 2 aromatic rings. The molecule has 6 nitrogen and oxygen atoms in total. The number of aromatic nitrogens is 3. The van der Waals surface area contributed by atoms with E-state index in [1.807, 2.05) is 0 Å². The Morgan fingerprint density at radius 2 is 2.36 bits per heavy atom. The van der Waals surface area contributed by atoms with E-state index in [0.717, 1.165) is 0 Å². The number of carboxylic acid groups (broad SMARTS) is 1. The van der Waals surface area contributed by atoms with Gasteiger partial charge < -0.3 is 9.84 Å². The van der Waals surface area contributed by atoms with Crippen molar-refractivity contribution in [3.63, 3.8) is 0 Å². The van der Waals surface area contributed by atoms with Crippen molar-refractivity contribution in [2.45, 2.75) is 0 Å². The number of methoxy groups -OCH3 is 1. The van der Waals surface area contributed by atoms with E-state index in [1.54, 1.807) is 6.07 Å². The highest BCUT2D eigenvalue weighted by atomic mass is 16.5. The summed E-state index contributed by atoms with van der Waals surface area (Å²) in [5.41, 5.74) is 0.520. The predicted octanol–water partition coefficient (Wildman–Crippen LogP) is 0.436. The van der Waals surface area contributed by atoms with Gasteiger partial charge in [-0.1, -0.05) is 0 Å². The van der Waals surface area contributed by atoms with E-state index in [4.69, 9.17) is 9.84 Å². The first-order valence-corrected chi connectivity index (χ1v) is 3.83. The van der Waals surface area contributed by atoms with Crippen LogP contribution < -0.4 is 4.74 Å². The van der Waals surface area contributed by atoms with Gasteiger partial charge in [0, 0.05) is 12.1 Å². The summed E-state index contributed by atoms with van der Waals surface area (Å²) in [4.78, 5) is 10.8. The van der Waals surface area contributed by atoms with Gasteiger partial charge in [0.25, 0.3) is 0 Å². The molecule has 0 atom stereocenters. The Morgan fingerprint density at radius 1 is 1.57 bits per heavy atom. The summed E-state index contributed by atoms with van der Waals surface area (Å²) in [6.07, 6.45) is 1.35. The molecule has 2 rings (SSSR count). The van der Waals surface area contributed by atoms with E-state index in [0.29, 0.717) is 11.4 Å². The number of rotatable bonds is 2. The van der Waals surface area contributed by atoms with E-state index >= 15 is 0 Å². The Bertz CT molecular complexity index is 492. The summed E-state index contributed by atoms with van der Waals surface area (Å²) in [5.74, 6) is -0.600. The van der Waals surface area contributed by atoms with Gasteiger partial charge in [-0.2, -0.15) is 0 Å². The number of hydrogen-bond donors (Lipinski definition) is 1. The third-order valence-corrected chi connectivity index (χ3v) is 1.84. The standard InChI is InChI=1S/C8H7N3O3/c1-14-5-2-6(8(12)13)11-4-9-10-7(11)3-5/h2-4H,1H3,(H,12,13). The van der Waals surface area contributed by atoms with E-state index in [9.17, 15) is 4.79 Å². The lowest BCUT2D eigenvalue weighted by molar-refractivity contribution is 0.0688. The molecule has 2 heterocycles. The highest BCUT2D eigenvalue weighted by Crippen LogP contribution is 2.16. The summed E-state index contributed by atoms with van der Waals surface area (Å²) in [6, 6.07) is 3.03. The summed E-state index contributed by atoms with van der Waals surface area (Å²) in [7, 11) is 1.47. The lowest BCUT2D eigenvalue weighted by Gasteiger charge is -2.03. The minimum atomic E-state index is -1.05. The number of carbonyl (C=O) groups is 1. The van der Waals surface area contributed by atoms with Crippen LogP contribution in [0.15, 0.2) is 18.5 Å². The summed E-state index contributed by atoms with van der Waals surface area (Å²) >= 11 is 0. The summed E-state index contributed by atoms with van der Waals surface area (Å²) in [5, 5.41) is 16.2. The van der Waals surface area contributed by atoms with Crippen LogP contribution in [0.25, 0.3) is 5.65 Å². The van der Waals surface area contributed by atoms with Crippen molar-refractivity contribution in [1.82, 2.24) is 14.6 Å². The molecular formula is C8H7N3O3. The first kappa shape index (κ1) is 8.49. The topological polar surface area (TPSA) is 76.7 Å². The second-order valence-corrected chi connectivity index (χ2v) is 2.64. The third-order valence-electron chi connectivity index (χ3n) is 1.84. The number of aromatic carboxylic acids is 1. The Morgan fingerprint density at radius 3 is 3.00 bits per heavy atom. The molecule has 0 amide bonds. The average molecular weight is 193 g/mol. The highest BCUT2D eigenvalue weighted by Gasteiger charge is 2.11. The Labute approximate surface area is 78.8 Å². The van der Waals surface area contributed by atoms with Crippen LogP contribution in [0.5, 0.6) is 5.75 Å². The van der Waals surface area contributed by atoms with Crippen LogP contribution in [-0.4, -0.2) is 32.8 Å². The highest BCUT2D eigenvalue weighted by molar-refractivity contribution is 5.87. The molecule has 0 aliphatic carbocycles. The van der Waals surface area contributed by atoms with Gasteiger partial charge in [-0.3, -0.25) is 4.40 Å². The van der Waals surface area contributed by atoms with E-state index < -0.39 is 5.97 Å². The SMILES string of the molecule is COc1cc(C(=O)O)n2cnnc2c1. The van der Waals surface area contributed by atoms with Crippen LogP contribution >= 0.6 is 0 Å². The molecule has 0 spiro atoms. The maximum atomic E-state index is 10.8. The predicted molar refractivity (Wildman–Crippen MR) is 46.5 cm³/mol. The first-order chi connectivity index (χ1) is 6.72. The molecule has 0 bridgehead atoms. The van der Waals surface area contributed by atoms with Crippen molar-refractivity contribution in [2.24, 2.45) is 0 Å². The van der Waals surface area contributed by atoms with Crippen LogP contribution in [-0.2, 0) is 0 Å². The zero-order valence-electron chi connectivity index (χ0n) is 7.34. The molecular weight excluding hydrogens is 186 g/mol. The van der Waals surface area contributed by atoms with Crippen molar-refractivity contribution >= 4 is 11.6 Å². The monoisotopic (exact) mass is 193 g/mol. The molecule has 2 aromatic heterocycles. The van der Waals surface area contributed by atoms with Crippen molar-refractivity contribution in [2.75, 3.05) is 7.11 Å². The lowest BCUT2D eigenvalue weighted by Crippen LogP contribution is -2.04. The van der Waals surface area contributed by atoms with E-state index in [1.165, 1.54) is 23.9 Å². The summed E-state index contributed by atoms with van der Waals surface area (Å²) < 4.78 is 6.32. The largest absolute Gasteiger partial charge is 0.497 e. The second-order valence-electron chi connectivity index (χ2n) is 2.64. The maximum Gasteiger partial charge on any atom is 0.353 e. The van der Waals surface area contributed by atoms with Crippen LogP contribution in [0, 0.1) is 0 Å². The molecule has 1 N–H and O–H groups in total. The minimum Gasteiger partial charge on any atom is -0.497 e. The lowest BCUT2D eigenvalue weighted by atomic mass is 10.3. The van der Waals surface area contributed by atoms with Crippen molar-refractivity contribution < 1.29 is 14.6 Å². The number of nitrogens with zero attached hydrogens (tertiary/aromatic N) is 3. The van der Waals surface area contributed by atoms with Gasteiger partial charge in [0.2, 0.25) is 0 Å². The zero-order valence-corrected chi connectivity index (χ0v) is 7.34. The number of fused-ring (bicyclic) bond motifs is 1. The quantitative estimate of drug-likeness (QED) is 0.748. The normalized spacial score (nSPS) is 10.4. The van der Waals surface area contributed by atoms with E-state index in [2.05, 4.69) is 10.2 Å².